The Labute approximate surface area is 111 Å². The lowest BCUT2D eigenvalue weighted by Gasteiger charge is -2.14. The second-order valence-corrected chi connectivity index (χ2v) is 4.70. The number of aliphatic hydroxyl groups is 1. The Bertz CT molecular complexity index is 549. The lowest BCUT2D eigenvalue weighted by atomic mass is 10.2. The molecule has 0 radical (unpaired) electrons. The predicted molar refractivity (Wildman–Crippen MR) is 71.6 cm³/mol. The monoisotopic (exact) mass is 259 g/mol. The van der Waals surface area contributed by atoms with Crippen molar-refractivity contribution >= 4 is 0 Å². The number of hydrogen-bond acceptors (Lipinski definition) is 4. The minimum absolute atomic E-state index is 0.402. The van der Waals surface area contributed by atoms with Gasteiger partial charge in [-0.2, -0.15) is 4.98 Å². The first-order valence-corrected chi connectivity index (χ1v) is 6.40. The molecule has 1 aliphatic carbocycles. The third-order valence-electron chi connectivity index (χ3n) is 3.18. The van der Waals surface area contributed by atoms with Crippen molar-refractivity contribution in [2.24, 2.45) is 0 Å². The minimum Gasteiger partial charge on any atom is -0.468 e. The second-order valence-electron chi connectivity index (χ2n) is 4.70. The van der Waals surface area contributed by atoms with Crippen LogP contribution in [0.15, 0.2) is 36.5 Å². The topological polar surface area (TPSA) is 59.3 Å². The molecule has 5 nitrogen and oxygen atoms in total. The average molecular weight is 259 g/mol. The van der Waals surface area contributed by atoms with Gasteiger partial charge in [0.15, 0.2) is 6.35 Å². The zero-order valence-corrected chi connectivity index (χ0v) is 10.8. The molecule has 5 heteroatoms. The van der Waals surface area contributed by atoms with Crippen LogP contribution in [-0.2, 0) is 0 Å². The number of benzene rings is 1. The average Bonchev–Trinajstić information content (AvgIpc) is 3.15. The summed E-state index contributed by atoms with van der Waals surface area (Å²) >= 11 is 0. The van der Waals surface area contributed by atoms with Crippen LogP contribution >= 0.6 is 0 Å². The van der Waals surface area contributed by atoms with E-state index in [0.717, 1.165) is 24.1 Å². The van der Waals surface area contributed by atoms with Gasteiger partial charge in [-0.15, -0.1) is 0 Å². The summed E-state index contributed by atoms with van der Waals surface area (Å²) in [5.41, 5.74) is 1.78. The lowest BCUT2D eigenvalue weighted by Crippen LogP contribution is -2.28. The van der Waals surface area contributed by atoms with Gasteiger partial charge in [0.25, 0.3) is 6.01 Å². The van der Waals surface area contributed by atoms with E-state index in [2.05, 4.69) is 10.3 Å². The van der Waals surface area contributed by atoms with Crippen LogP contribution in [0.25, 0.3) is 11.3 Å². The molecule has 1 heterocycles. The van der Waals surface area contributed by atoms with Gasteiger partial charge in [-0.05, 0) is 12.8 Å². The zero-order chi connectivity index (χ0) is 13.2. The van der Waals surface area contributed by atoms with Crippen molar-refractivity contribution in [2.75, 3.05) is 7.11 Å². The molecule has 0 spiro atoms. The summed E-state index contributed by atoms with van der Waals surface area (Å²) in [6.45, 7) is 0. The number of nitrogens with zero attached hydrogens (tertiary/aromatic N) is 2. The Hall–Kier alpha value is -1.85. The van der Waals surface area contributed by atoms with Crippen molar-refractivity contribution in [2.45, 2.75) is 25.2 Å². The molecule has 2 aromatic rings. The molecule has 0 saturated heterocycles. The van der Waals surface area contributed by atoms with Crippen LogP contribution in [0.2, 0.25) is 0 Å². The van der Waals surface area contributed by atoms with E-state index in [1.807, 2.05) is 30.3 Å². The highest BCUT2D eigenvalue weighted by atomic mass is 16.5. The summed E-state index contributed by atoms with van der Waals surface area (Å²) in [5.74, 6) is 0. The molecule has 1 aromatic carbocycles. The minimum atomic E-state index is -0.799. The summed E-state index contributed by atoms with van der Waals surface area (Å²) < 4.78 is 6.83. The summed E-state index contributed by atoms with van der Waals surface area (Å²) in [7, 11) is 1.55. The molecule has 1 aliphatic rings. The normalized spacial score (nSPS) is 16.3. The van der Waals surface area contributed by atoms with Gasteiger partial charge in [0.05, 0.1) is 12.8 Å². The van der Waals surface area contributed by atoms with Gasteiger partial charge in [0.2, 0.25) is 0 Å². The summed E-state index contributed by atoms with van der Waals surface area (Å²) in [5, 5.41) is 13.2. The molecule has 0 bridgehead atoms. The van der Waals surface area contributed by atoms with Crippen molar-refractivity contribution in [1.82, 2.24) is 14.9 Å². The van der Waals surface area contributed by atoms with E-state index in [1.165, 1.54) is 0 Å². The summed E-state index contributed by atoms with van der Waals surface area (Å²) in [4.78, 5) is 4.39. The van der Waals surface area contributed by atoms with E-state index in [-0.39, 0.29) is 0 Å². The Morgan fingerprint density at radius 3 is 2.74 bits per heavy atom. The van der Waals surface area contributed by atoms with Gasteiger partial charge in [0.1, 0.15) is 0 Å². The van der Waals surface area contributed by atoms with Crippen LogP contribution in [-0.4, -0.2) is 27.8 Å². The van der Waals surface area contributed by atoms with Crippen LogP contribution in [0.5, 0.6) is 6.01 Å². The predicted octanol–water partition coefficient (Wildman–Crippen LogP) is 1.76. The van der Waals surface area contributed by atoms with Crippen LogP contribution in [0.4, 0.5) is 0 Å². The Kier molecular flexibility index (Phi) is 3.23. The molecular formula is C14H17N3O2. The van der Waals surface area contributed by atoms with Crippen molar-refractivity contribution in [3.8, 4) is 17.3 Å². The fourth-order valence-electron chi connectivity index (χ4n) is 1.99. The summed E-state index contributed by atoms with van der Waals surface area (Å²) in [6.07, 6.45) is 3.22. The smallest absolute Gasteiger partial charge is 0.299 e. The lowest BCUT2D eigenvalue weighted by molar-refractivity contribution is 0.0575. The standard InChI is InChI=1S/C14H17N3O2/c1-19-14-16-12(10-5-3-2-4-6-10)9-17(14)13(18)15-11-7-8-11/h2-6,9,11,13,15,18H,7-8H2,1H3. The molecule has 2 N–H and O–H groups in total. The fourth-order valence-corrected chi connectivity index (χ4v) is 1.99. The van der Waals surface area contributed by atoms with Crippen LogP contribution in [0.1, 0.15) is 19.2 Å². The fraction of sp³-hybridized carbons (Fsp3) is 0.357. The van der Waals surface area contributed by atoms with Gasteiger partial charge in [0, 0.05) is 17.8 Å². The molecule has 1 saturated carbocycles. The molecule has 1 unspecified atom stereocenters. The molecule has 3 rings (SSSR count). The third kappa shape index (κ3) is 2.62. The van der Waals surface area contributed by atoms with Gasteiger partial charge in [-0.3, -0.25) is 9.88 Å². The first-order chi connectivity index (χ1) is 9.28. The number of imidazole rings is 1. The van der Waals surface area contributed by atoms with E-state index in [4.69, 9.17) is 4.74 Å². The highest BCUT2D eigenvalue weighted by Crippen LogP contribution is 2.26. The van der Waals surface area contributed by atoms with Gasteiger partial charge in [-0.25, -0.2) is 0 Å². The number of aromatic nitrogens is 2. The number of ether oxygens (including phenoxy) is 1. The number of hydrogen-bond donors (Lipinski definition) is 2. The number of rotatable bonds is 5. The molecule has 1 aromatic heterocycles. The first kappa shape index (κ1) is 12.2. The third-order valence-corrected chi connectivity index (χ3v) is 3.18. The van der Waals surface area contributed by atoms with Crippen molar-refractivity contribution in [1.29, 1.82) is 0 Å². The number of aliphatic hydroxyl groups excluding tert-OH is 1. The Morgan fingerprint density at radius 1 is 1.37 bits per heavy atom. The maximum Gasteiger partial charge on any atom is 0.299 e. The molecule has 0 aliphatic heterocycles. The number of methoxy groups -OCH3 is 1. The van der Waals surface area contributed by atoms with Gasteiger partial charge in [-0.1, -0.05) is 30.3 Å². The van der Waals surface area contributed by atoms with Crippen LogP contribution in [0, 0.1) is 0 Å². The molecule has 0 amide bonds. The van der Waals surface area contributed by atoms with E-state index in [0.29, 0.717) is 12.1 Å². The van der Waals surface area contributed by atoms with Crippen LogP contribution < -0.4 is 10.1 Å². The van der Waals surface area contributed by atoms with Crippen molar-refractivity contribution < 1.29 is 9.84 Å². The first-order valence-electron chi connectivity index (χ1n) is 6.40. The van der Waals surface area contributed by atoms with Gasteiger partial charge >= 0.3 is 0 Å². The van der Waals surface area contributed by atoms with E-state index in [9.17, 15) is 5.11 Å². The maximum absolute atomic E-state index is 10.1. The van der Waals surface area contributed by atoms with E-state index in [1.54, 1.807) is 17.9 Å². The molecular weight excluding hydrogens is 242 g/mol. The van der Waals surface area contributed by atoms with Gasteiger partial charge < -0.3 is 9.84 Å². The zero-order valence-electron chi connectivity index (χ0n) is 10.8. The van der Waals surface area contributed by atoms with Crippen LogP contribution in [0.3, 0.4) is 0 Å². The Balaban J connectivity index is 1.89. The summed E-state index contributed by atoms with van der Waals surface area (Å²) in [6, 6.07) is 10.6. The molecule has 1 fully saturated rings. The Morgan fingerprint density at radius 2 is 2.11 bits per heavy atom. The second kappa shape index (κ2) is 5.03. The van der Waals surface area contributed by atoms with E-state index < -0.39 is 6.35 Å². The number of nitrogens with one attached hydrogen (secondary N) is 1. The highest BCUT2D eigenvalue weighted by Gasteiger charge is 2.26. The highest BCUT2D eigenvalue weighted by molar-refractivity contribution is 5.58. The largest absolute Gasteiger partial charge is 0.468 e. The van der Waals surface area contributed by atoms with E-state index >= 15 is 0 Å². The van der Waals surface area contributed by atoms with Crippen molar-refractivity contribution in [3.63, 3.8) is 0 Å². The quantitative estimate of drug-likeness (QED) is 0.803. The SMILES string of the molecule is COc1nc(-c2ccccc2)cn1C(O)NC1CC1. The maximum atomic E-state index is 10.1. The molecule has 100 valence electrons. The van der Waals surface area contributed by atoms with Crippen molar-refractivity contribution in [3.05, 3.63) is 36.5 Å². The molecule has 19 heavy (non-hydrogen) atoms. The molecule has 1 atom stereocenters.